The number of nitrogens with one attached hydrogen (secondary N) is 1. The maximum Gasteiger partial charge on any atom is 0.318 e. The van der Waals surface area contributed by atoms with Crippen molar-refractivity contribution in [3.05, 3.63) is 45.6 Å². The largest absolute Gasteiger partial charge is 0.461 e. The highest BCUT2D eigenvalue weighted by Crippen LogP contribution is 2.49. The van der Waals surface area contributed by atoms with Crippen LogP contribution in [-0.2, 0) is 39.4 Å². The lowest BCUT2D eigenvalue weighted by Gasteiger charge is -2.37. The Labute approximate surface area is 243 Å². The predicted octanol–water partition coefficient (Wildman–Crippen LogP) is 3.34. The lowest BCUT2D eigenvalue weighted by Crippen LogP contribution is -2.43. The average Bonchev–Trinajstić information content (AvgIpc) is 3.65. The summed E-state index contributed by atoms with van der Waals surface area (Å²) in [4.78, 5) is 38.5. The van der Waals surface area contributed by atoms with Crippen LogP contribution in [0, 0.1) is 11.8 Å². The van der Waals surface area contributed by atoms with Gasteiger partial charge in [-0.1, -0.05) is 30.7 Å². The second kappa shape index (κ2) is 9.88. The number of aromatic nitrogens is 2. The summed E-state index contributed by atoms with van der Waals surface area (Å²) < 4.78 is 27.3. The van der Waals surface area contributed by atoms with Gasteiger partial charge in [0.25, 0.3) is 0 Å². The topological polar surface area (TPSA) is 96.9 Å². The minimum Gasteiger partial charge on any atom is -0.461 e. The third-order valence-electron chi connectivity index (χ3n) is 10.0. The standard InChI is InChI=1S/C30H35ClFN5O4/c1-17-20(27(39)35-26(17)38)14-36(2)25-21-15-41-30(9-7-19-22(30)5-3-6-23(19)31)12-24(21)33-28(34-25)40-16-29-8-4-10-37(29)13-18(32)11-29/h3,5-6,17-18,20H,4,7-16H2,1-2H3,(H,35,38,39)/t17-,18+,20+,29-,30-/m0/s1. The van der Waals surface area contributed by atoms with E-state index in [9.17, 15) is 14.0 Å². The third kappa shape index (κ3) is 4.41. The van der Waals surface area contributed by atoms with E-state index in [0.717, 1.165) is 59.6 Å². The molecule has 1 aromatic heterocycles. The Hall–Kier alpha value is -2.82. The van der Waals surface area contributed by atoms with Gasteiger partial charge in [-0.3, -0.25) is 19.8 Å². The molecular weight excluding hydrogens is 549 g/mol. The van der Waals surface area contributed by atoms with Crippen molar-refractivity contribution in [2.75, 3.05) is 38.2 Å². The number of amides is 2. The second-order valence-electron chi connectivity index (χ2n) is 12.5. The molecule has 0 radical (unpaired) electrons. The first-order valence-corrected chi connectivity index (χ1v) is 15.0. The van der Waals surface area contributed by atoms with Crippen LogP contribution < -0.4 is 15.0 Å². The quantitative estimate of drug-likeness (QED) is 0.517. The Kier molecular flexibility index (Phi) is 6.52. The van der Waals surface area contributed by atoms with Gasteiger partial charge in [0.1, 0.15) is 18.6 Å². The van der Waals surface area contributed by atoms with Crippen LogP contribution in [0.1, 0.15) is 55.0 Å². The molecule has 1 aliphatic carbocycles. The molecule has 0 unspecified atom stereocenters. The molecule has 5 atom stereocenters. The number of alkyl halides is 1. The summed E-state index contributed by atoms with van der Waals surface area (Å²) in [6.45, 7) is 4.03. The van der Waals surface area contributed by atoms with E-state index in [1.54, 1.807) is 6.92 Å². The van der Waals surface area contributed by atoms with Crippen LogP contribution in [0.3, 0.4) is 0 Å². The fourth-order valence-corrected chi connectivity index (χ4v) is 8.01. The van der Waals surface area contributed by atoms with E-state index >= 15 is 0 Å². The Bertz CT molecular complexity index is 1430. The van der Waals surface area contributed by atoms with Crippen LogP contribution in [0.5, 0.6) is 6.01 Å². The highest BCUT2D eigenvalue weighted by molar-refractivity contribution is 6.31. The molecule has 3 saturated heterocycles. The minimum atomic E-state index is -0.849. The number of anilines is 1. The molecule has 0 saturated carbocycles. The molecule has 1 N–H and O–H groups in total. The van der Waals surface area contributed by atoms with Gasteiger partial charge in [0, 0.05) is 49.5 Å². The molecule has 7 rings (SSSR count). The van der Waals surface area contributed by atoms with Gasteiger partial charge in [-0.25, -0.2) is 4.39 Å². The van der Waals surface area contributed by atoms with E-state index in [4.69, 9.17) is 31.0 Å². The van der Waals surface area contributed by atoms with Gasteiger partial charge in [0.15, 0.2) is 0 Å². The molecule has 41 heavy (non-hydrogen) atoms. The molecule has 1 aromatic carbocycles. The van der Waals surface area contributed by atoms with Crippen molar-refractivity contribution in [3.8, 4) is 6.01 Å². The first-order chi connectivity index (χ1) is 19.7. The summed E-state index contributed by atoms with van der Waals surface area (Å²) in [5.74, 6) is -0.826. The molecule has 3 fully saturated rings. The van der Waals surface area contributed by atoms with E-state index in [1.807, 2.05) is 24.1 Å². The van der Waals surface area contributed by atoms with Crippen molar-refractivity contribution in [1.29, 1.82) is 0 Å². The summed E-state index contributed by atoms with van der Waals surface area (Å²) >= 11 is 6.54. The lowest BCUT2D eigenvalue weighted by molar-refractivity contribution is -0.126. The molecular formula is C30H35ClFN5O4. The van der Waals surface area contributed by atoms with E-state index < -0.39 is 23.6 Å². The lowest BCUT2D eigenvalue weighted by atomic mass is 9.87. The number of hydrogen-bond donors (Lipinski definition) is 1. The molecule has 4 aliphatic heterocycles. The Morgan fingerprint density at radius 2 is 2.10 bits per heavy atom. The summed E-state index contributed by atoms with van der Waals surface area (Å²) in [7, 11) is 1.87. The molecule has 0 bridgehead atoms. The van der Waals surface area contributed by atoms with Gasteiger partial charge >= 0.3 is 6.01 Å². The van der Waals surface area contributed by atoms with E-state index in [1.165, 1.54) is 0 Å². The van der Waals surface area contributed by atoms with Gasteiger partial charge in [0.2, 0.25) is 11.8 Å². The van der Waals surface area contributed by atoms with Gasteiger partial charge in [-0.15, -0.1) is 0 Å². The SMILES string of the molecule is C[C@@H]1C(=O)NC(=O)[C@@H]1CN(C)c1nc(OC[C@@]23CCCN2C[C@H](F)C3)nc2c1CO[C@@]1(CCc3c(Cl)cccc31)C2. The third-order valence-corrected chi connectivity index (χ3v) is 10.4. The number of fused-ring (bicyclic) bond motifs is 4. The first kappa shape index (κ1) is 27.0. The zero-order valence-electron chi connectivity index (χ0n) is 23.4. The summed E-state index contributed by atoms with van der Waals surface area (Å²) in [5.41, 5.74) is 3.05. The highest BCUT2D eigenvalue weighted by Gasteiger charge is 2.50. The van der Waals surface area contributed by atoms with Gasteiger partial charge in [0.05, 0.1) is 29.4 Å². The number of benzene rings is 1. The molecule has 5 heterocycles. The average molecular weight is 584 g/mol. The van der Waals surface area contributed by atoms with Gasteiger partial charge < -0.3 is 14.4 Å². The van der Waals surface area contributed by atoms with Crippen LogP contribution in [-0.4, -0.2) is 71.7 Å². The smallest absolute Gasteiger partial charge is 0.318 e. The number of hydrogen-bond acceptors (Lipinski definition) is 8. The molecule has 5 aliphatic rings. The Balaban J connectivity index is 1.22. The van der Waals surface area contributed by atoms with Gasteiger partial charge in [-0.05, 0) is 49.4 Å². The van der Waals surface area contributed by atoms with Crippen molar-refractivity contribution in [2.45, 2.75) is 69.4 Å². The van der Waals surface area contributed by atoms with Crippen molar-refractivity contribution in [3.63, 3.8) is 0 Å². The molecule has 1 spiro atoms. The fourth-order valence-electron chi connectivity index (χ4n) is 7.74. The number of carbonyl (C=O) groups excluding carboxylic acids is 2. The van der Waals surface area contributed by atoms with Crippen LogP contribution in [0.25, 0.3) is 0 Å². The first-order valence-electron chi connectivity index (χ1n) is 14.6. The second-order valence-corrected chi connectivity index (χ2v) is 12.9. The number of imide groups is 1. The fraction of sp³-hybridized carbons (Fsp3) is 0.600. The van der Waals surface area contributed by atoms with Crippen molar-refractivity contribution < 1.29 is 23.5 Å². The number of nitrogens with zero attached hydrogens (tertiary/aromatic N) is 4. The molecule has 2 amide bonds. The number of ether oxygens (including phenoxy) is 2. The van der Waals surface area contributed by atoms with Crippen LogP contribution >= 0.6 is 11.6 Å². The summed E-state index contributed by atoms with van der Waals surface area (Å²) in [6, 6.07) is 6.21. The maximum atomic E-state index is 14.4. The van der Waals surface area contributed by atoms with Crippen LogP contribution in [0.4, 0.5) is 10.2 Å². The Morgan fingerprint density at radius 3 is 2.90 bits per heavy atom. The normalized spacial score (nSPS) is 32.2. The van der Waals surface area contributed by atoms with Crippen LogP contribution in [0.15, 0.2) is 18.2 Å². The Morgan fingerprint density at radius 1 is 1.24 bits per heavy atom. The summed E-state index contributed by atoms with van der Waals surface area (Å²) in [6.07, 6.45) is 3.70. The van der Waals surface area contributed by atoms with Crippen LogP contribution in [0.2, 0.25) is 5.02 Å². The predicted molar refractivity (Wildman–Crippen MR) is 150 cm³/mol. The highest BCUT2D eigenvalue weighted by atomic mass is 35.5. The molecule has 218 valence electrons. The molecule has 2 aromatic rings. The van der Waals surface area contributed by atoms with Gasteiger partial charge in [-0.2, -0.15) is 9.97 Å². The molecule has 11 heteroatoms. The molecule has 9 nitrogen and oxygen atoms in total. The van der Waals surface area contributed by atoms with Crippen molar-refractivity contribution >= 4 is 29.2 Å². The maximum absolute atomic E-state index is 14.4. The van der Waals surface area contributed by atoms with E-state index in [2.05, 4.69) is 16.3 Å². The van der Waals surface area contributed by atoms with E-state index in [0.29, 0.717) is 45.0 Å². The summed E-state index contributed by atoms with van der Waals surface area (Å²) in [5, 5.41) is 3.19. The van der Waals surface area contributed by atoms with E-state index in [-0.39, 0.29) is 23.4 Å². The zero-order valence-corrected chi connectivity index (χ0v) is 24.2. The van der Waals surface area contributed by atoms with Crippen molar-refractivity contribution in [1.82, 2.24) is 20.2 Å². The minimum absolute atomic E-state index is 0.246. The monoisotopic (exact) mass is 583 g/mol. The number of halogens is 2. The van der Waals surface area contributed by atoms with Crippen molar-refractivity contribution in [2.24, 2.45) is 11.8 Å². The number of rotatable bonds is 6. The zero-order chi connectivity index (χ0) is 28.5. The number of carbonyl (C=O) groups is 2.